The van der Waals surface area contributed by atoms with E-state index in [2.05, 4.69) is 10.9 Å². The van der Waals surface area contributed by atoms with Gasteiger partial charge in [-0.15, -0.1) is 0 Å². The van der Waals surface area contributed by atoms with E-state index in [0.29, 0.717) is 6.07 Å². The van der Waals surface area contributed by atoms with E-state index in [-0.39, 0.29) is 12.1 Å². The summed E-state index contributed by atoms with van der Waals surface area (Å²) in [5, 5.41) is -0.710. The zero-order valence-corrected chi connectivity index (χ0v) is 10.4. The highest BCUT2D eigenvalue weighted by molar-refractivity contribution is 6.30. The molecule has 2 N–H and O–H groups in total. The SMILES string of the molecule is Fc1cc(F)c(CNNc2ccccc2)c(F)c1Cl. The van der Waals surface area contributed by atoms with Crippen LogP contribution in [0.25, 0.3) is 0 Å². The number of rotatable bonds is 4. The Kier molecular flexibility index (Phi) is 4.29. The fourth-order valence-corrected chi connectivity index (χ4v) is 1.69. The van der Waals surface area contributed by atoms with Gasteiger partial charge in [0.25, 0.3) is 0 Å². The monoisotopic (exact) mass is 286 g/mol. The molecule has 0 aromatic heterocycles. The lowest BCUT2D eigenvalue weighted by Gasteiger charge is -2.10. The van der Waals surface area contributed by atoms with Gasteiger partial charge in [-0.25, -0.2) is 18.6 Å². The molecule has 2 nitrogen and oxygen atoms in total. The highest BCUT2D eigenvalue weighted by Gasteiger charge is 2.16. The number of anilines is 1. The lowest BCUT2D eigenvalue weighted by atomic mass is 10.2. The van der Waals surface area contributed by atoms with Crippen molar-refractivity contribution in [2.45, 2.75) is 6.54 Å². The molecular weight excluding hydrogens is 277 g/mol. The van der Waals surface area contributed by atoms with Crippen LogP contribution in [0.5, 0.6) is 0 Å². The van der Waals surface area contributed by atoms with Crippen molar-refractivity contribution in [1.29, 1.82) is 0 Å². The Hall–Kier alpha value is -1.72. The molecule has 0 heterocycles. The van der Waals surface area contributed by atoms with Gasteiger partial charge < -0.3 is 5.43 Å². The number of halogens is 4. The molecule has 0 amide bonds. The Morgan fingerprint density at radius 1 is 1.00 bits per heavy atom. The largest absolute Gasteiger partial charge is 0.321 e. The summed E-state index contributed by atoms with van der Waals surface area (Å²) < 4.78 is 39.9. The smallest absolute Gasteiger partial charge is 0.152 e. The van der Waals surface area contributed by atoms with Crippen molar-refractivity contribution in [3.05, 3.63) is 64.4 Å². The van der Waals surface area contributed by atoms with E-state index in [1.54, 1.807) is 24.3 Å². The van der Waals surface area contributed by atoms with Gasteiger partial charge in [0.15, 0.2) is 5.82 Å². The Morgan fingerprint density at radius 3 is 2.37 bits per heavy atom. The minimum Gasteiger partial charge on any atom is -0.321 e. The first kappa shape index (κ1) is 13.7. The topological polar surface area (TPSA) is 24.1 Å². The van der Waals surface area contributed by atoms with E-state index in [1.165, 1.54) is 0 Å². The van der Waals surface area contributed by atoms with Gasteiger partial charge in [0.05, 0.1) is 0 Å². The summed E-state index contributed by atoms with van der Waals surface area (Å²) in [4.78, 5) is 0. The Morgan fingerprint density at radius 2 is 1.68 bits per heavy atom. The number of hydrazine groups is 1. The molecule has 2 aromatic carbocycles. The van der Waals surface area contributed by atoms with Gasteiger partial charge in [-0.05, 0) is 12.1 Å². The summed E-state index contributed by atoms with van der Waals surface area (Å²) in [6, 6.07) is 9.56. The fraction of sp³-hybridized carbons (Fsp3) is 0.0769. The Labute approximate surface area is 113 Å². The molecule has 6 heteroatoms. The molecule has 0 saturated carbocycles. The third-order valence-corrected chi connectivity index (χ3v) is 2.83. The summed E-state index contributed by atoms with van der Waals surface area (Å²) in [7, 11) is 0. The lowest BCUT2D eigenvalue weighted by molar-refractivity contribution is 0.517. The molecule has 0 atom stereocenters. The van der Waals surface area contributed by atoms with Crippen molar-refractivity contribution in [3.63, 3.8) is 0 Å². The predicted molar refractivity (Wildman–Crippen MR) is 68.2 cm³/mol. The van der Waals surface area contributed by atoms with Crippen LogP contribution in [0.3, 0.4) is 0 Å². The summed E-state index contributed by atoms with van der Waals surface area (Å²) in [5.74, 6) is -3.19. The van der Waals surface area contributed by atoms with Crippen molar-refractivity contribution in [2.24, 2.45) is 0 Å². The minimum atomic E-state index is -1.11. The van der Waals surface area contributed by atoms with E-state index in [0.717, 1.165) is 5.69 Å². The number of benzene rings is 2. The van der Waals surface area contributed by atoms with Crippen LogP contribution >= 0.6 is 11.6 Å². The standard InChI is InChI=1S/C13H10ClF3N2/c14-12-11(16)6-10(15)9(13(12)17)7-18-19-8-4-2-1-3-5-8/h1-6,18-19H,7H2. The summed E-state index contributed by atoms with van der Waals surface area (Å²) in [6.45, 7) is -0.174. The van der Waals surface area contributed by atoms with Crippen LogP contribution in [-0.4, -0.2) is 0 Å². The third-order valence-electron chi connectivity index (χ3n) is 2.48. The predicted octanol–water partition coefficient (Wildman–Crippen LogP) is 3.87. The molecule has 0 unspecified atom stereocenters. The van der Waals surface area contributed by atoms with E-state index in [4.69, 9.17) is 11.6 Å². The first-order valence-corrected chi connectivity index (χ1v) is 5.83. The molecule has 2 aromatic rings. The van der Waals surface area contributed by atoms with Gasteiger partial charge >= 0.3 is 0 Å². The molecule has 0 spiro atoms. The van der Waals surface area contributed by atoms with Crippen molar-refractivity contribution >= 4 is 17.3 Å². The molecule has 100 valence electrons. The van der Waals surface area contributed by atoms with Crippen LogP contribution in [0.2, 0.25) is 5.02 Å². The van der Waals surface area contributed by atoms with E-state index in [1.807, 2.05) is 6.07 Å². The second-order valence-corrected chi connectivity index (χ2v) is 4.17. The van der Waals surface area contributed by atoms with Crippen LogP contribution in [-0.2, 0) is 6.54 Å². The highest BCUT2D eigenvalue weighted by atomic mass is 35.5. The van der Waals surface area contributed by atoms with Crippen molar-refractivity contribution in [3.8, 4) is 0 Å². The van der Waals surface area contributed by atoms with E-state index >= 15 is 0 Å². The van der Waals surface area contributed by atoms with Crippen LogP contribution in [0.4, 0.5) is 18.9 Å². The van der Waals surface area contributed by atoms with Gasteiger partial charge in [0.1, 0.15) is 16.7 Å². The number of hydrogen-bond acceptors (Lipinski definition) is 2. The molecule has 2 rings (SSSR count). The van der Waals surface area contributed by atoms with Crippen LogP contribution in [0.15, 0.2) is 36.4 Å². The summed E-state index contributed by atoms with van der Waals surface area (Å²) in [6.07, 6.45) is 0. The maximum atomic E-state index is 13.6. The van der Waals surface area contributed by atoms with Gasteiger partial charge in [-0.3, -0.25) is 0 Å². The second-order valence-electron chi connectivity index (χ2n) is 3.79. The Balaban J connectivity index is 2.06. The van der Waals surface area contributed by atoms with Gasteiger partial charge in [-0.2, -0.15) is 0 Å². The number of hydrogen-bond donors (Lipinski definition) is 2. The second kappa shape index (κ2) is 5.95. The third kappa shape index (κ3) is 3.19. The highest BCUT2D eigenvalue weighted by Crippen LogP contribution is 2.24. The molecule has 0 fully saturated rings. The quantitative estimate of drug-likeness (QED) is 0.506. The maximum absolute atomic E-state index is 13.6. The fourth-order valence-electron chi connectivity index (χ4n) is 1.52. The molecular formula is C13H10ClF3N2. The first-order chi connectivity index (χ1) is 9.09. The molecule has 0 aliphatic heterocycles. The van der Waals surface area contributed by atoms with Crippen molar-refractivity contribution in [2.75, 3.05) is 5.43 Å². The summed E-state index contributed by atoms with van der Waals surface area (Å²) >= 11 is 5.39. The zero-order chi connectivity index (χ0) is 13.8. The van der Waals surface area contributed by atoms with Gasteiger partial charge in [-0.1, -0.05) is 29.8 Å². The molecule has 19 heavy (non-hydrogen) atoms. The van der Waals surface area contributed by atoms with Crippen LogP contribution < -0.4 is 10.9 Å². The van der Waals surface area contributed by atoms with Gasteiger partial charge in [0.2, 0.25) is 0 Å². The van der Waals surface area contributed by atoms with Gasteiger partial charge in [0, 0.05) is 23.9 Å². The zero-order valence-electron chi connectivity index (χ0n) is 9.68. The molecule has 0 aliphatic carbocycles. The summed E-state index contributed by atoms with van der Waals surface area (Å²) in [5.41, 5.74) is 5.81. The van der Waals surface area contributed by atoms with Crippen LogP contribution in [0.1, 0.15) is 5.56 Å². The lowest BCUT2D eigenvalue weighted by Crippen LogP contribution is -2.22. The average Bonchev–Trinajstić information content (AvgIpc) is 2.41. The van der Waals surface area contributed by atoms with E-state index in [9.17, 15) is 13.2 Å². The molecule has 0 saturated heterocycles. The number of para-hydroxylation sites is 1. The minimum absolute atomic E-state index is 0.174. The first-order valence-electron chi connectivity index (χ1n) is 5.45. The molecule has 0 aliphatic rings. The molecule has 0 radical (unpaired) electrons. The number of nitrogens with one attached hydrogen (secondary N) is 2. The molecule has 0 bridgehead atoms. The normalized spacial score (nSPS) is 10.5. The van der Waals surface area contributed by atoms with E-state index < -0.39 is 22.5 Å². The van der Waals surface area contributed by atoms with Crippen molar-refractivity contribution in [1.82, 2.24) is 5.43 Å². The van der Waals surface area contributed by atoms with Crippen molar-refractivity contribution < 1.29 is 13.2 Å². The average molecular weight is 287 g/mol. The van der Waals surface area contributed by atoms with Crippen LogP contribution in [0, 0.1) is 17.5 Å². The Bertz CT molecular complexity index is 576. The maximum Gasteiger partial charge on any atom is 0.152 e.